The first-order valence-corrected chi connectivity index (χ1v) is 7.66. The predicted octanol–water partition coefficient (Wildman–Crippen LogP) is 3.78. The highest BCUT2D eigenvalue weighted by Crippen LogP contribution is 2.15. The van der Waals surface area contributed by atoms with Crippen molar-refractivity contribution in [3.63, 3.8) is 0 Å². The number of carbonyl (C=O) groups excluding carboxylic acids is 1. The summed E-state index contributed by atoms with van der Waals surface area (Å²) < 4.78 is 2.04. The second-order valence-electron chi connectivity index (χ2n) is 3.49. The first-order valence-electron chi connectivity index (χ1n) is 5.34. The number of nitrogens with one attached hydrogen (secondary N) is 1. The molecule has 4 heteroatoms. The van der Waals surface area contributed by atoms with Gasteiger partial charge in [-0.25, -0.2) is 0 Å². The topological polar surface area (TPSA) is 29.1 Å². The quantitative estimate of drug-likeness (QED) is 0.443. The molecule has 88 valence electrons. The Morgan fingerprint density at radius 2 is 2.00 bits per heavy atom. The molecule has 0 aliphatic carbocycles. The van der Waals surface area contributed by atoms with Gasteiger partial charge in [0.2, 0.25) is 0 Å². The Labute approximate surface area is 118 Å². The van der Waals surface area contributed by atoms with Crippen LogP contribution in [-0.4, -0.2) is 16.9 Å². The average Bonchev–Trinajstić information content (AvgIpc) is 2.29. The molecular weight excluding hydrogens is 381 g/mol. The molecule has 0 heterocycles. The Bertz CT molecular complexity index is 344. The number of unbranched alkanes of at least 4 members (excludes halogenated alkanes) is 2. The molecule has 0 saturated heterocycles. The van der Waals surface area contributed by atoms with Gasteiger partial charge >= 0.3 is 0 Å². The molecule has 1 aromatic carbocycles. The number of amides is 1. The third-order valence-corrected chi connectivity index (χ3v) is 3.67. The summed E-state index contributed by atoms with van der Waals surface area (Å²) in [7, 11) is 0. The van der Waals surface area contributed by atoms with Crippen molar-refractivity contribution >= 4 is 44.4 Å². The minimum Gasteiger partial charge on any atom is -0.352 e. The first-order chi connectivity index (χ1) is 7.75. The molecule has 0 fully saturated rings. The smallest absolute Gasteiger partial charge is 0.252 e. The van der Waals surface area contributed by atoms with Crippen LogP contribution < -0.4 is 5.32 Å². The van der Waals surface area contributed by atoms with Gasteiger partial charge in [0.1, 0.15) is 0 Å². The maximum Gasteiger partial charge on any atom is 0.252 e. The van der Waals surface area contributed by atoms with Gasteiger partial charge in [-0.3, -0.25) is 4.79 Å². The monoisotopic (exact) mass is 395 g/mol. The summed E-state index contributed by atoms with van der Waals surface area (Å²) in [5.74, 6) is 0.00180. The highest BCUT2D eigenvalue weighted by Gasteiger charge is 2.07. The Kier molecular flexibility index (Phi) is 7.03. The van der Waals surface area contributed by atoms with Crippen molar-refractivity contribution in [3.8, 4) is 0 Å². The van der Waals surface area contributed by atoms with Crippen molar-refractivity contribution in [2.75, 3.05) is 11.0 Å². The van der Waals surface area contributed by atoms with E-state index in [1.165, 1.54) is 17.3 Å². The fourth-order valence-electron chi connectivity index (χ4n) is 1.34. The minimum absolute atomic E-state index is 0.00180. The average molecular weight is 396 g/mol. The Morgan fingerprint density at radius 3 is 2.69 bits per heavy atom. The van der Waals surface area contributed by atoms with Gasteiger partial charge in [-0.2, -0.15) is 0 Å². The number of hydrogen-bond acceptors (Lipinski definition) is 1. The summed E-state index contributed by atoms with van der Waals surface area (Å²) in [6.07, 6.45) is 3.46. The second kappa shape index (κ2) is 8.06. The zero-order chi connectivity index (χ0) is 11.8. The van der Waals surface area contributed by atoms with E-state index in [2.05, 4.69) is 43.8 Å². The van der Waals surface area contributed by atoms with Crippen molar-refractivity contribution < 1.29 is 4.79 Å². The van der Waals surface area contributed by atoms with E-state index >= 15 is 0 Å². The number of rotatable bonds is 6. The molecule has 2 nitrogen and oxygen atoms in total. The van der Waals surface area contributed by atoms with Crippen molar-refractivity contribution in [3.05, 3.63) is 34.3 Å². The van der Waals surface area contributed by atoms with Gasteiger partial charge in [0.15, 0.2) is 0 Å². The normalized spacial score (nSPS) is 10.1. The molecule has 1 rings (SSSR count). The van der Waals surface area contributed by atoms with Crippen LogP contribution in [0.25, 0.3) is 0 Å². The van der Waals surface area contributed by atoms with E-state index in [0.717, 1.165) is 17.4 Å². The molecule has 0 radical (unpaired) electrons. The fraction of sp³-hybridized carbons (Fsp3) is 0.417. The zero-order valence-corrected chi connectivity index (χ0v) is 12.8. The van der Waals surface area contributed by atoms with E-state index in [0.29, 0.717) is 5.56 Å². The second-order valence-corrected chi connectivity index (χ2v) is 5.42. The van der Waals surface area contributed by atoms with E-state index in [4.69, 9.17) is 0 Å². The Morgan fingerprint density at radius 1 is 1.25 bits per heavy atom. The van der Waals surface area contributed by atoms with Gasteiger partial charge in [-0.05, 0) is 45.3 Å². The van der Waals surface area contributed by atoms with Crippen LogP contribution in [0.1, 0.15) is 29.6 Å². The summed E-state index contributed by atoms with van der Waals surface area (Å²) >= 11 is 5.74. The maximum absolute atomic E-state index is 11.8. The number of hydrogen-bond donors (Lipinski definition) is 1. The molecular formula is C12H15BrINO. The van der Waals surface area contributed by atoms with Gasteiger partial charge in [-0.15, -0.1) is 0 Å². The molecule has 0 aromatic heterocycles. The summed E-state index contributed by atoms with van der Waals surface area (Å²) in [4.78, 5) is 11.8. The van der Waals surface area contributed by atoms with Crippen molar-refractivity contribution in [2.24, 2.45) is 0 Å². The standard InChI is InChI=1S/C12H15BrINO/c13-11-7-3-2-6-10(11)12(16)15-9-5-1-4-8-14/h2-3,6-7H,1,4-5,8-9H2,(H,15,16). The number of alkyl halides is 1. The number of carbonyl (C=O) groups is 1. The summed E-state index contributed by atoms with van der Waals surface area (Å²) in [6.45, 7) is 0.761. The summed E-state index contributed by atoms with van der Waals surface area (Å²) in [6, 6.07) is 7.48. The van der Waals surface area contributed by atoms with Crippen LogP contribution in [0.15, 0.2) is 28.7 Å². The summed E-state index contributed by atoms with van der Waals surface area (Å²) in [5.41, 5.74) is 0.705. The lowest BCUT2D eigenvalue weighted by atomic mass is 10.2. The third-order valence-electron chi connectivity index (χ3n) is 2.21. The molecule has 16 heavy (non-hydrogen) atoms. The predicted molar refractivity (Wildman–Crippen MR) is 79.2 cm³/mol. The van der Waals surface area contributed by atoms with Crippen LogP contribution >= 0.6 is 38.5 Å². The van der Waals surface area contributed by atoms with E-state index in [1.807, 2.05) is 24.3 Å². The van der Waals surface area contributed by atoms with E-state index in [1.54, 1.807) is 0 Å². The van der Waals surface area contributed by atoms with Crippen LogP contribution in [0.2, 0.25) is 0 Å². The van der Waals surface area contributed by atoms with Crippen molar-refractivity contribution in [1.82, 2.24) is 5.32 Å². The third kappa shape index (κ3) is 4.82. The van der Waals surface area contributed by atoms with Crippen LogP contribution in [0, 0.1) is 0 Å². The van der Waals surface area contributed by atoms with Crippen LogP contribution in [0.3, 0.4) is 0 Å². The summed E-state index contributed by atoms with van der Waals surface area (Å²) in [5, 5.41) is 2.93. The molecule has 0 bridgehead atoms. The minimum atomic E-state index is 0.00180. The maximum atomic E-state index is 11.8. The molecule has 0 aliphatic heterocycles. The molecule has 0 spiro atoms. The zero-order valence-electron chi connectivity index (χ0n) is 9.01. The number of benzene rings is 1. The number of halogens is 2. The van der Waals surface area contributed by atoms with Gasteiger partial charge in [-0.1, -0.05) is 41.1 Å². The van der Waals surface area contributed by atoms with Crippen LogP contribution in [0.5, 0.6) is 0 Å². The largest absolute Gasteiger partial charge is 0.352 e. The molecule has 1 N–H and O–H groups in total. The highest BCUT2D eigenvalue weighted by atomic mass is 127. The molecule has 0 aliphatic rings. The van der Waals surface area contributed by atoms with E-state index in [9.17, 15) is 4.79 Å². The van der Waals surface area contributed by atoms with Gasteiger partial charge < -0.3 is 5.32 Å². The lowest BCUT2D eigenvalue weighted by molar-refractivity contribution is 0.0952. The van der Waals surface area contributed by atoms with Crippen molar-refractivity contribution in [1.29, 1.82) is 0 Å². The van der Waals surface area contributed by atoms with Crippen LogP contribution in [0.4, 0.5) is 0 Å². The lowest BCUT2D eigenvalue weighted by Gasteiger charge is -2.06. The fourth-order valence-corrected chi connectivity index (χ4v) is 2.34. The molecule has 1 aromatic rings. The Balaban J connectivity index is 2.33. The van der Waals surface area contributed by atoms with Gasteiger partial charge in [0, 0.05) is 11.0 Å². The lowest BCUT2D eigenvalue weighted by Crippen LogP contribution is -2.24. The van der Waals surface area contributed by atoms with Gasteiger partial charge in [0.05, 0.1) is 5.56 Å². The van der Waals surface area contributed by atoms with Crippen molar-refractivity contribution in [2.45, 2.75) is 19.3 Å². The Hall–Kier alpha value is -0.100. The molecule has 0 atom stereocenters. The van der Waals surface area contributed by atoms with E-state index < -0.39 is 0 Å². The van der Waals surface area contributed by atoms with Gasteiger partial charge in [0.25, 0.3) is 5.91 Å². The SMILES string of the molecule is O=C(NCCCCCI)c1ccccc1Br. The molecule has 1 amide bonds. The molecule has 0 saturated carbocycles. The molecule has 0 unspecified atom stereocenters. The van der Waals surface area contributed by atoms with Crippen LogP contribution in [-0.2, 0) is 0 Å². The highest BCUT2D eigenvalue weighted by molar-refractivity contribution is 14.1. The first kappa shape index (κ1) is 14.0. The van der Waals surface area contributed by atoms with E-state index in [-0.39, 0.29) is 5.91 Å².